The highest BCUT2D eigenvalue weighted by Crippen LogP contribution is 2.31. The van der Waals surface area contributed by atoms with Gasteiger partial charge < -0.3 is 24.7 Å². The monoisotopic (exact) mass is 812 g/mol. The predicted molar refractivity (Wildman–Crippen MR) is 243 cm³/mol. The molecular weight excluding hydrogens is 765 g/mol. The lowest BCUT2D eigenvalue weighted by molar-refractivity contribution is 0.0600. The normalized spacial score (nSPS) is 10.5. The molecule has 0 aliphatic carbocycles. The second-order valence-corrected chi connectivity index (χ2v) is 14.0. The lowest BCUT2D eigenvalue weighted by atomic mass is 10.1. The van der Waals surface area contributed by atoms with Crippen molar-refractivity contribution < 1.29 is 24.5 Å². The number of aliphatic hydroxyl groups excluding tert-OH is 1. The summed E-state index contributed by atoms with van der Waals surface area (Å²) in [7, 11) is 6.39. The summed E-state index contributed by atoms with van der Waals surface area (Å²) in [6.07, 6.45) is 1.77. The summed E-state index contributed by atoms with van der Waals surface area (Å²) in [5.41, 5.74) is 9.44. The molecule has 0 saturated carbocycles. The number of ether oxygens (including phenoxy) is 1. The van der Waals surface area contributed by atoms with Gasteiger partial charge in [0, 0.05) is 45.4 Å². The number of benzene rings is 6. The molecule has 0 unspecified atom stereocenters. The first-order chi connectivity index (χ1) is 29.8. The number of anilines is 2. The van der Waals surface area contributed by atoms with Crippen molar-refractivity contribution in [3.05, 3.63) is 180 Å². The molecule has 0 atom stereocenters. The molecule has 2 N–H and O–H groups in total. The van der Waals surface area contributed by atoms with E-state index in [9.17, 15) is 14.7 Å². The van der Waals surface area contributed by atoms with Crippen LogP contribution in [0.2, 0.25) is 0 Å². The van der Waals surface area contributed by atoms with Gasteiger partial charge in [-0.05, 0) is 60.4 Å². The Morgan fingerprint density at radius 2 is 0.885 bits per heavy atom. The van der Waals surface area contributed by atoms with E-state index >= 15 is 0 Å². The minimum atomic E-state index is -0.972. The van der Waals surface area contributed by atoms with Crippen LogP contribution in [0.1, 0.15) is 31.8 Å². The smallest absolute Gasteiger partial charge is 0.337 e. The summed E-state index contributed by atoms with van der Waals surface area (Å²) in [5, 5.41) is 16.3. The number of rotatable bonds is 12. The highest BCUT2D eigenvalue weighted by atomic mass is 16.5. The molecule has 2 heterocycles. The summed E-state index contributed by atoms with van der Waals surface area (Å²) in [6.45, 7) is 1.56. The molecule has 0 fully saturated rings. The summed E-state index contributed by atoms with van der Waals surface area (Å²) < 4.78 is 4.85. The van der Waals surface area contributed by atoms with Crippen molar-refractivity contribution in [1.29, 1.82) is 0 Å². The average Bonchev–Trinajstić information content (AvgIpc) is 3.33. The third-order valence-corrected chi connectivity index (χ3v) is 9.93. The molecule has 0 aliphatic heterocycles. The quantitative estimate of drug-likeness (QED) is 0.114. The Labute approximate surface area is 355 Å². The van der Waals surface area contributed by atoms with Gasteiger partial charge in [0.15, 0.2) is 11.6 Å². The van der Waals surface area contributed by atoms with E-state index < -0.39 is 5.97 Å². The van der Waals surface area contributed by atoms with Crippen LogP contribution < -0.4 is 9.80 Å². The Hall–Kier alpha value is -7.50. The number of fused-ring (bicyclic) bond motifs is 2. The number of aromatic carboxylic acids is 1. The van der Waals surface area contributed by atoms with Crippen molar-refractivity contribution >= 4 is 45.6 Å². The fourth-order valence-corrected chi connectivity index (χ4v) is 6.67. The number of hydrogen-bond donors (Lipinski definition) is 2. The maximum Gasteiger partial charge on any atom is 0.337 e. The molecule has 0 spiro atoms. The number of nitrogens with zero attached hydrogens (tertiary/aromatic N) is 6. The molecule has 0 bridgehead atoms. The first kappa shape index (κ1) is 43.1. The molecule has 0 radical (unpaired) electrons. The highest BCUT2D eigenvalue weighted by molar-refractivity contribution is 5.95. The van der Waals surface area contributed by atoms with Gasteiger partial charge in [-0.2, -0.15) is 0 Å². The number of likely N-dealkylation sites (N-methyl/N-ethyl adjacent to an activating group) is 2. The number of methoxy groups -OCH3 is 1. The number of carbonyl (C=O) groups is 2. The number of esters is 1. The van der Waals surface area contributed by atoms with Crippen LogP contribution in [-0.2, 0) is 17.6 Å². The van der Waals surface area contributed by atoms with Gasteiger partial charge >= 0.3 is 11.9 Å². The zero-order valence-corrected chi connectivity index (χ0v) is 34.6. The molecule has 6 aromatic carbocycles. The minimum absolute atomic E-state index is 0.206. The van der Waals surface area contributed by atoms with Crippen LogP contribution >= 0.6 is 0 Å². The van der Waals surface area contributed by atoms with Crippen LogP contribution in [0.4, 0.5) is 11.6 Å². The number of hydrogen-bond acceptors (Lipinski definition) is 10. The Bertz CT molecular complexity index is 2680. The van der Waals surface area contributed by atoms with Gasteiger partial charge in [0.05, 0.1) is 40.3 Å². The largest absolute Gasteiger partial charge is 0.478 e. The SMILES string of the molecule is CN(CCc1ccccc1)c1nc2cc(C(=O)O)ccc2nc1-c1ccccc1.CO.COC(=O)c1ccc2nc(-c3ccccc3)c(N(C)CCc3ccccc3)nc2c1. The van der Waals surface area contributed by atoms with Crippen molar-refractivity contribution in [3.63, 3.8) is 0 Å². The van der Waals surface area contributed by atoms with E-state index in [1.807, 2.05) is 105 Å². The maximum absolute atomic E-state index is 11.9. The molecule has 0 amide bonds. The maximum atomic E-state index is 11.9. The van der Waals surface area contributed by atoms with E-state index in [4.69, 9.17) is 29.8 Å². The second-order valence-electron chi connectivity index (χ2n) is 14.0. The summed E-state index contributed by atoms with van der Waals surface area (Å²) in [6, 6.07) is 50.8. The number of carbonyl (C=O) groups excluding carboxylic acids is 1. The van der Waals surface area contributed by atoms with E-state index in [2.05, 4.69) is 46.2 Å². The van der Waals surface area contributed by atoms with Crippen LogP contribution in [-0.4, -0.2) is 83.5 Å². The van der Waals surface area contributed by atoms with Gasteiger partial charge in [-0.15, -0.1) is 0 Å². The van der Waals surface area contributed by atoms with Crippen LogP contribution in [0.25, 0.3) is 44.6 Å². The first-order valence-corrected chi connectivity index (χ1v) is 19.8. The van der Waals surface area contributed by atoms with Gasteiger partial charge in [-0.3, -0.25) is 0 Å². The molecule has 61 heavy (non-hydrogen) atoms. The lowest BCUT2D eigenvalue weighted by Crippen LogP contribution is -2.22. The zero-order chi connectivity index (χ0) is 43.1. The highest BCUT2D eigenvalue weighted by Gasteiger charge is 2.18. The average molecular weight is 813 g/mol. The molecule has 0 aliphatic rings. The predicted octanol–water partition coefficient (Wildman–Crippen LogP) is 9.04. The molecule has 308 valence electrons. The third kappa shape index (κ3) is 11.0. The van der Waals surface area contributed by atoms with Crippen molar-refractivity contribution in [1.82, 2.24) is 19.9 Å². The molecule has 0 saturated heterocycles. The van der Waals surface area contributed by atoms with Gasteiger partial charge in [-0.1, -0.05) is 121 Å². The Kier molecular flexibility index (Phi) is 14.8. The molecule has 8 aromatic rings. The van der Waals surface area contributed by atoms with Gasteiger partial charge in [0.1, 0.15) is 11.4 Å². The van der Waals surface area contributed by atoms with E-state index in [0.717, 1.165) is 72.7 Å². The topological polar surface area (TPSA) is 142 Å². The summed E-state index contributed by atoms with van der Waals surface area (Å²) in [4.78, 5) is 46.9. The van der Waals surface area contributed by atoms with Crippen LogP contribution in [0.5, 0.6) is 0 Å². The standard InChI is InChI=1S/C25H23N3O2.C24H21N3O2.CH4O/c1-28(16-15-18-9-5-3-6-10-18)24-23(19-11-7-4-8-12-19)26-21-14-13-20(25(29)30-2)17-22(21)27-24;1-27(15-14-17-8-4-2-5-9-17)23-22(18-10-6-3-7-11-18)25-20-13-12-19(24(28)29)16-21(20)26-23;1-2/h3-14,17H,15-16H2,1-2H3;2-13,16H,14-15H2,1H3,(H,28,29);2H,1H3. The van der Waals surface area contributed by atoms with E-state index in [-0.39, 0.29) is 11.5 Å². The lowest BCUT2D eigenvalue weighted by Gasteiger charge is -2.21. The van der Waals surface area contributed by atoms with Crippen LogP contribution in [0, 0.1) is 0 Å². The number of carboxylic acid groups (broad SMARTS) is 1. The summed E-state index contributed by atoms with van der Waals surface area (Å²) >= 11 is 0. The van der Waals surface area contributed by atoms with Crippen molar-refractivity contribution in [2.24, 2.45) is 0 Å². The van der Waals surface area contributed by atoms with E-state index in [0.29, 0.717) is 22.1 Å². The van der Waals surface area contributed by atoms with Gasteiger partial charge in [0.25, 0.3) is 0 Å². The fraction of sp³-hybridized carbons (Fsp3) is 0.160. The molecule has 8 rings (SSSR count). The number of aliphatic hydroxyl groups is 1. The Morgan fingerprint density at radius 3 is 1.28 bits per heavy atom. The van der Waals surface area contributed by atoms with Crippen molar-refractivity contribution in [2.75, 3.05) is 51.2 Å². The fourth-order valence-electron chi connectivity index (χ4n) is 6.67. The molecule has 2 aromatic heterocycles. The second kappa shape index (κ2) is 21.0. The zero-order valence-electron chi connectivity index (χ0n) is 34.6. The first-order valence-electron chi connectivity index (χ1n) is 19.8. The molecular formula is C50H48N6O5. The van der Waals surface area contributed by atoms with Gasteiger partial charge in [-0.25, -0.2) is 29.5 Å². The minimum Gasteiger partial charge on any atom is -0.478 e. The van der Waals surface area contributed by atoms with E-state index in [1.165, 1.54) is 18.2 Å². The summed E-state index contributed by atoms with van der Waals surface area (Å²) in [5.74, 6) is 0.165. The van der Waals surface area contributed by atoms with E-state index in [1.54, 1.807) is 30.3 Å². The van der Waals surface area contributed by atoms with Crippen LogP contribution in [0.15, 0.2) is 158 Å². The number of aromatic nitrogens is 4. The van der Waals surface area contributed by atoms with Crippen LogP contribution in [0.3, 0.4) is 0 Å². The Morgan fingerprint density at radius 1 is 0.508 bits per heavy atom. The van der Waals surface area contributed by atoms with Crippen molar-refractivity contribution in [2.45, 2.75) is 12.8 Å². The molecule has 11 heteroatoms. The number of carboxylic acids is 1. The third-order valence-electron chi connectivity index (χ3n) is 9.93. The van der Waals surface area contributed by atoms with Gasteiger partial charge in [0.2, 0.25) is 0 Å². The molecule has 11 nitrogen and oxygen atoms in total. The van der Waals surface area contributed by atoms with Crippen molar-refractivity contribution in [3.8, 4) is 22.5 Å². The Balaban J connectivity index is 0.000000196.